The van der Waals surface area contributed by atoms with E-state index in [-0.39, 0.29) is 12.4 Å². The van der Waals surface area contributed by atoms with E-state index in [0.29, 0.717) is 28.3 Å². The number of guanidine groups is 1. The van der Waals surface area contributed by atoms with E-state index in [1.807, 2.05) is 0 Å². The zero-order valence-corrected chi connectivity index (χ0v) is 16.4. The first-order valence-corrected chi connectivity index (χ1v) is 9.31. The number of para-hydroxylation sites is 2. The largest absolute Gasteiger partial charge is 0.483 e. The molecule has 0 spiro atoms. The second kappa shape index (κ2) is 9.88. The number of carbonyl (C=O) groups is 2. The number of aliphatic imine (C=N–C) groups is 1. The fourth-order valence-corrected chi connectivity index (χ4v) is 2.84. The molecule has 0 saturated heterocycles. The lowest BCUT2D eigenvalue weighted by Crippen LogP contribution is -2.22. The summed E-state index contributed by atoms with van der Waals surface area (Å²) in [6.45, 7) is 0. The summed E-state index contributed by atoms with van der Waals surface area (Å²) in [6.07, 6.45) is 2.08. The Bertz CT molecular complexity index is 1100. The van der Waals surface area contributed by atoms with Crippen molar-refractivity contribution in [3.8, 4) is 5.75 Å². The number of carbonyl (C=O) groups excluding carboxylic acids is 1. The van der Waals surface area contributed by atoms with Gasteiger partial charge in [-0.1, -0.05) is 24.3 Å². The molecular weight excluding hydrogens is 398 g/mol. The Morgan fingerprint density at radius 1 is 1.10 bits per heavy atom. The number of nitrogens with two attached hydrogens (primary N) is 2. The number of carboxylic acid groups (broad SMARTS) is 1. The third-order valence-corrected chi connectivity index (χ3v) is 4.19. The summed E-state index contributed by atoms with van der Waals surface area (Å²) in [7, 11) is 0. The van der Waals surface area contributed by atoms with E-state index in [9.17, 15) is 14.7 Å². The molecule has 9 nitrogen and oxygen atoms in total. The number of anilines is 1. The van der Waals surface area contributed by atoms with Crippen LogP contribution in [0, 0.1) is 0 Å². The van der Waals surface area contributed by atoms with Crippen molar-refractivity contribution >= 4 is 29.2 Å². The molecule has 0 aliphatic carbocycles. The van der Waals surface area contributed by atoms with Gasteiger partial charge in [0.1, 0.15) is 11.9 Å². The zero-order chi connectivity index (χ0) is 22.2. The standard InChI is InChI=1S/C22H21N5O4/c23-22(24)26-16-7-3-5-14(11-16)21(30)27-17-8-1-2-9-18(17)31-19(12-20(28)29)15-6-4-10-25-13-15/h1-11,13,19H,12H2,(H,27,30)(H,28,29)(H4,23,24,26). The van der Waals surface area contributed by atoms with Gasteiger partial charge in [0, 0.05) is 23.5 Å². The topological polar surface area (TPSA) is 153 Å². The molecule has 158 valence electrons. The normalized spacial score (nSPS) is 11.2. The number of ether oxygens (including phenoxy) is 1. The van der Waals surface area contributed by atoms with Crippen LogP contribution in [-0.4, -0.2) is 27.9 Å². The number of pyridine rings is 1. The van der Waals surface area contributed by atoms with E-state index >= 15 is 0 Å². The Morgan fingerprint density at radius 3 is 2.61 bits per heavy atom. The summed E-state index contributed by atoms with van der Waals surface area (Å²) in [5.74, 6) is -1.21. The van der Waals surface area contributed by atoms with Crippen molar-refractivity contribution in [2.24, 2.45) is 16.5 Å². The van der Waals surface area contributed by atoms with Crippen molar-refractivity contribution in [3.63, 3.8) is 0 Å². The van der Waals surface area contributed by atoms with Gasteiger partial charge >= 0.3 is 5.97 Å². The SMILES string of the molecule is NC(N)=Nc1cccc(C(=O)Nc2ccccc2OC(CC(=O)O)c2cccnc2)c1. The fourth-order valence-electron chi connectivity index (χ4n) is 2.84. The molecule has 3 rings (SSSR count). The van der Waals surface area contributed by atoms with Crippen LogP contribution in [0.15, 0.2) is 78.0 Å². The number of nitrogens with one attached hydrogen (secondary N) is 1. The maximum atomic E-state index is 12.8. The number of hydrogen-bond acceptors (Lipinski definition) is 5. The molecule has 1 aromatic heterocycles. The number of aromatic nitrogens is 1. The first kappa shape index (κ1) is 21.3. The average Bonchev–Trinajstić information content (AvgIpc) is 2.74. The van der Waals surface area contributed by atoms with E-state index in [0.717, 1.165) is 0 Å². The smallest absolute Gasteiger partial charge is 0.307 e. The maximum absolute atomic E-state index is 12.8. The Balaban J connectivity index is 1.84. The number of aliphatic carboxylic acids is 1. The first-order chi connectivity index (χ1) is 14.9. The summed E-state index contributed by atoms with van der Waals surface area (Å²) >= 11 is 0. The van der Waals surface area contributed by atoms with Crippen molar-refractivity contribution in [1.29, 1.82) is 0 Å². The molecule has 0 fully saturated rings. The van der Waals surface area contributed by atoms with E-state index < -0.39 is 18.0 Å². The van der Waals surface area contributed by atoms with Crippen LogP contribution in [0.25, 0.3) is 0 Å². The van der Waals surface area contributed by atoms with Crippen LogP contribution in [0.5, 0.6) is 5.75 Å². The van der Waals surface area contributed by atoms with Crippen molar-refractivity contribution < 1.29 is 19.4 Å². The molecule has 3 aromatic rings. The van der Waals surface area contributed by atoms with Gasteiger partial charge in [0.15, 0.2) is 5.96 Å². The molecule has 6 N–H and O–H groups in total. The summed E-state index contributed by atoms with van der Waals surface area (Å²) in [5.41, 5.74) is 12.5. The quantitative estimate of drug-likeness (QED) is 0.323. The molecule has 31 heavy (non-hydrogen) atoms. The summed E-state index contributed by atoms with van der Waals surface area (Å²) < 4.78 is 5.97. The molecule has 0 radical (unpaired) electrons. The first-order valence-electron chi connectivity index (χ1n) is 9.31. The van der Waals surface area contributed by atoms with Crippen molar-refractivity contribution in [2.45, 2.75) is 12.5 Å². The van der Waals surface area contributed by atoms with Gasteiger partial charge in [0.05, 0.1) is 17.8 Å². The van der Waals surface area contributed by atoms with Gasteiger partial charge < -0.3 is 26.6 Å². The molecule has 1 unspecified atom stereocenters. The van der Waals surface area contributed by atoms with Crippen LogP contribution in [-0.2, 0) is 4.79 Å². The minimum absolute atomic E-state index is 0.115. The number of benzene rings is 2. The molecule has 0 aliphatic rings. The molecule has 2 aromatic carbocycles. The number of amides is 1. The number of carboxylic acids is 1. The molecule has 0 saturated carbocycles. The number of nitrogens with zero attached hydrogens (tertiary/aromatic N) is 2. The zero-order valence-electron chi connectivity index (χ0n) is 16.4. The van der Waals surface area contributed by atoms with Gasteiger partial charge in [-0.05, 0) is 36.4 Å². The van der Waals surface area contributed by atoms with Gasteiger partial charge in [-0.3, -0.25) is 14.6 Å². The lowest BCUT2D eigenvalue weighted by Gasteiger charge is -2.20. The van der Waals surface area contributed by atoms with Crippen LogP contribution in [0.2, 0.25) is 0 Å². The highest BCUT2D eigenvalue weighted by molar-refractivity contribution is 6.05. The Labute approximate surface area is 178 Å². The molecule has 1 atom stereocenters. The highest BCUT2D eigenvalue weighted by atomic mass is 16.5. The molecule has 9 heteroatoms. The molecular formula is C22H21N5O4. The molecule has 1 amide bonds. The van der Waals surface area contributed by atoms with Gasteiger partial charge in [-0.2, -0.15) is 0 Å². The number of rotatable bonds is 8. The second-order valence-electron chi connectivity index (χ2n) is 6.53. The average molecular weight is 419 g/mol. The summed E-state index contributed by atoms with van der Waals surface area (Å²) in [4.78, 5) is 32.0. The molecule has 1 heterocycles. The van der Waals surface area contributed by atoms with E-state index in [1.165, 1.54) is 0 Å². The second-order valence-corrected chi connectivity index (χ2v) is 6.53. The van der Waals surface area contributed by atoms with E-state index in [2.05, 4.69) is 15.3 Å². The third-order valence-electron chi connectivity index (χ3n) is 4.19. The third kappa shape index (κ3) is 6.04. The Kier molecular flexibility index (Phi) is 6.79. The van der Waals surface area contributed by atoms with Crippen LogP contribution < -0.4 is 21.5 Å². The minimum atomic E-state index is -1.02. The van der Waals surface area contributed by atoms with Gasteiger partial charge in [-0.15, -0.1) is 0 Å². The summed E-state index contributed by atoms with van der Waals surface area (Å²) in [5, 5.41) is 12.1. The van der Waals surface area contributed by atoms with Crippen molar-refractivity contribution in [2.75, 3.05) is 5.32 Å². The van der Waals surface area contributed by atoms with Gasteiger partial charge in [0.2, 0.25) is 0 Å². The number of hydrogen-bond donors (Lipinski definition) is 4. The highest BCUT2D eigenvalue weighted by Gasteiger charge is 2.20. The Morgan fingerprint density at radius 2 is 1.90 bits per heavy atom. The minimum Gasteiger partial charge on any atom is -0.483 e. The predicted molar refractivity (Wildman–Crippen MR) is 116 cm³/mol. The lowest BCUT2D eigenvalue weighted by atomic mass is 10.1. The predicted octanol–water partition coefficient (Wildman–Crippen LogP) is 2.83. The molecule has 0 aliphatic heterocycles. The maximum Gasteiger partial charge on any atom is 0.307 e. The van der Waals surface area contributed by atoms with Crippen LogP contribution in [0.4, 0.5) is 11.4 Å². The monoisotopic (exact) mass is 419 g/mol. The molecule has 0 bridgehead atoms. The summed E-state index contributed by atoms with van der Waals surface area (Å²) in [6, 6.07) is 16.7. The lowest BCUT2D eigenvalue weighted by molar-refractivity contribution is -0.138. The van der Waals surface area contributed by atoms with Crippen LogP contribution in [0.3, 0.4) is 0 Å². The van der Waals surface area contributed by atoms with Crippen molar-refractivity contribution in [3.05, 3.63) is 84.2 Å². The van der Waals surface area contributed by atoms with E-state index in [4.69, 9.17) is 16.2 Å². The van der Waals surface area contributed by atoms with Crippen LogP contribution in [0.1, 0.15) is 28.4 Å². The van der Waals surface area contributed by atoms with Crippen molar-refractivity contribution in [1.82, 2.24) is 4.98 Å². The fraction of sp³-hybridized carbons (Fsp3) is 0.0909. The van der Waals surface area contributed by atoms with E-state index in [1.54, 1.807) is 73.1 Å². The highest BCUT2D eigenvalue weighted by Crippen LogP contribution is 2.31. The van der Waals surface area contributed by atoms with Gasteiger partial charge in [-0.25, -0.2) is 4.99 Å². The van der Waals surface area contributed by atoms with Crippen LogP contribution >= 0.6 is 0 Å². The van der Waals surface area contributed by atoms with Gasteiger partial charge in [0.25, 0.3) is 5.91 Å². The Hall–Kier alpha value is -4.40.